The Balaban J connectivity index is 1.31. The Labute approximate surface area is 152 Å². The van der Waals surface area contributed by atoms with E-state index in [2.05, 4.69) is 42.2 Å². The molecule has 1 aliphatic carbocycles. The molecule has 0 aromatic heterocycles. The van der Waals surface area contributed by atoms with Crippen LogP contribution in [-0.2, 0) is 9.47 Å². The van der Waals surface area contributed by atoms with Crippen LogP contribution in [0.15, 0.2) is 30.3 Å². The number of nitrogens with zero attached hydrogens (tertiary/aromatic N) is 1. The number of likely N-dealkylation sites (tertiary alicyclic amines) is 1. The first-order valence-electron chi connectivity index (χ1n) is 10.3. The van der Waals surface area contributed by atoms with Crippen molar-refractivity contribution in [3.63, 3.8) is 0 Å². The van der Waals surface area contributed by atoms with E-state index in [0.29, 0.717) is 12.0 Å². The maximum absolute atomic E-state index is 6.56. The highest BCUT2D eigenvalue weighted by Gasteiger charge is 2.42. The number of ether oxygens (including phenoxy) is 2. The summed E-state index contributed by atoms with van der Waals surface area (Å²) in [7, 11) is 0. The van der Waals surface area contributed by atoms with Gasteiger partial charge in [0.25, 0.3) is 0 Å². The largest absolute Gasteiger partial charge is 0.350 e. The van der Waals surface area contributed by atoms with Gasteiger partial charge in [0.15, 0.2) is 5.79 Å². The van der Waals surface area contributed by atoms with E-state index in [1.54, 1.807) is 0 Å². The molecule has 1 unspecified atom stereocenters. The van der Waals surface area contributed by atoms with Crippen molar-refractivity contribution in [1.29, 1.82) is 0 Å². The summed E-state index contributed by atoms with van der Waals surface area (Å²) < 4.78 is 12.8. The zero-order valence-electron chi connectivity index (χ0n) is 15.7. The van der Waals surface area contributed by atoms with Crippen LogP contribution in [-0.4, -0.2) is 43.0 Å². The normalized spacial score (nSPS) is 35.1. The van der Waals surface area contributed by atoms with Gasteiger partial charge in [0.2, 0.25) is 0 Å². The number of hydrogen-bond acceptors (Lipinski definition) is 3. The van der Waals surface area contributed by atoms with Gasteiger partial charge in [-0.15, -0.1) is 0 Å². The summed E-state index contributed by atoms with van der Waals surface area (Å²) in [5.74, 6) is 1.27. The maximum Gasteiger partial charge on any atom is 0.168 e. The van der Waals surface area contributed by atoms with E-state index in [1.807, 2.05) is 0 Å². The van der Waals surface area contributed by atoms with Gasteiger partial charge < -0.3 is 14.4 Å². The molecule has 1 spiro atoms. The third-order valence-electron chi connectivity index (χ3n) is 6.54. The molecule has 0 radical (unpaired) electrons. The van der Waals surface area contributed by atoms with E-state index in [1.165, 1.54) is 44.3 Å². The van der Waals surface area contributed by atoms with E-state index in [0.717, 1.165) is 38.3 Å². The van der Waals surface area contributed by atoms with E-state index in [4.69, 9.17) is 9.47 Å². The van der Waals surface area contributed by atoms with Crippen LogP contribution in [0.3, 0.4) is 0 Å². The van der Waals surface area contributed by atoms with Crippen LogP contribution in [0.1, 0.15) is 63.4 Å². The van der Waals surface area contributed by atoms with Crippen molar-refractivity contribution in [3.05, 3.63) is 35.9 Å². The summed E-state index contributed by atoms with van der Waals surface area (Å²) in [5.41, 5.74) is 1.48. The molecule has 1 aromatic rings. The standard InChI is InChI=1S/C22H33NO2/c1-18-9-14-23(15-10-18)17-21-11-16-24-22(25-21)12-7-20(8-13-22)19-5-3-2-4-6-19/h2-6,18,20-21H,7-17H2,1H3. The Hall–Kier alpha value is -0.900. The number of rotatable bonds is 3. The molecule has 3 nitrogen and oxygen atoms in total. The van der Waals surface area contributed by atoms with Gasteiger partial charge in [-0.1, -0.05) is 37.3 Å². The van der Waals surface area contributed by atoms with E-state index < -0.39 is 0 Å². The van der Waals surface area contributed by atoms with Crippen LogP contribution in [0.2, 0.25) is 0 Å². The molecule has 2 aliphatic heterocycles. The first kappa shape index (κ1) is 17.5. The van der Waals surface area contributed by atoms with Gasteiger partial charge in [0.05, 0.1) is 12.7 Å². The second kappa shape index (κ2) is 7.77. The molecular weight excluding hydrogens is 310 g/mol. The van der Waals surface area contributed by atoms with E-state index in [9.17, 15) is 0 Å². The highest BCUT2D eigenvalue weighted by Crippen LogP contribution is 2.43. The van der Waals surface area contributed by atoms with Crippen LogP contribution >= 0.6 is 0 Å². The van der Waals surface area contributed by atoms with Crippen LogP contribution in [0.25, 0.3) is 0 Å². The Bertz CT molecular complexity index is 530. The van der Waals surface area contributed by atoms with Crippen LogP contribution in [0.4, 0.5) is 0 Å². The summed E-state index contributed by atoms with van der Waals surface area (Å²) in [4.78, 5) is 2.61. The lowest BCUT2D eigenvalue weighted by molar-refractivity contribution is -0.307. The SMILES string of the molecule is CC1CCN(CC2CCOC3(CCC(c4ccccc4)CC3)O2)CC1. The van der Waals surface area contributed by atoms with Crippen molar-refractivity contribution in [2.24, 2.45) is 5.92 Å². The molecule has 1 aromatic carbocycles. The minimum Gasteiger partial charge on any atom is -0.350 e. The topological polar surface area (TPSA) is 21.7 Å². The van der Waals surface area contributed by atoms with Crippen LogP contribution < -0.4 is 0 Å². The molecule has 1 atom stereocenters. The molecule has 2 saturated heterocycles. The van der Waals surface area contributed by atoms with Gasteiger partial charge >= 0.3 is 0 Å². The van der Waals surface area contributed by atoms with Crippen molar-refractivity contribution in [2.75, 3.05) is 26.2 Å². The average Bonchev–Trinajstić information content (AvgIpc) is 2.65. The Morgan fingerprint density at radius 3 is 2.44 bits per heavy atom. The van der Waals surface area contributed by atoms with Crippen molar-refractivity contribution in [1.82, 2.24) is 4.90 Å². The summed E-state index contributed by atoms with van der Waals surface area (Å²) >= 11 is 0. The van der Waals surface area contributed by atoms with Crippen molar-refractivity contribution >= 4 is 0 Å². The molecule has 0 amide bonds. The highest BCUT2D eigenvalue weighted by atomic mass is 16.7. The minimum atomic E-state index is -0.294. The number of benzene rings is 1. The monoisotopic (exact) mass is 343 g/mol. The van der Waals surface area contributed by atoms with Gasteiger partial charge in [-0.3, -0.25) is 0 Å². The van der Waals surface area contributed by atoms with Crippen LogP contribution in [0.5, 0.6) is 0 Å². The summed E-state index contributed by atoms with van der Waals surface area (Å²) in [6.45, 7) is 6.82. The Morgan fingerprint density at radius 2 is 1.72 bits per heavy atom. The van der Waals surface area contributed by atoms with Crippen molar-refractivity contribution in [2.45, 2.75) is 69.7 Å². The lowest BCUT2D eigenvalue weighted by atomic mass is 9.80. The predicted molar refractivity (Wildman–Crippen MR) is 101 cm³/mol. The number of hydrogen-bond donors (Lipinski definition) is 0. The molecule has 3 heteroatoms. The fourth-order valence-electron chi connectivity index (χ4n) is 4.81. The molecule has 2 heterocycles. The zero-order valence-corrected chi connectivity index (χ0v) is 15.7. The molecule has 0 N–H and O–H groups in total. The van der Waals surface area contributed by atoms with E-state index >= 15 is 0 Å². The molecule has 138 valence electrons. The molecule has 1 saturated carbocycles. The summed E-state index contributed by atoms with van der Waals surface area (Å²) in [5, 5.41) is 0. The molecule has 3 fully saturated rings. The second-order valence-electron chi connectivity index (χ2n) is 8.46. The molecule has 25 heavy (non-hydrogen) atoms. The first-order valence-corrected chi connectivity index (χ1v) is 10.3. The van der Waals surface area contributed by atoms with Crippen LogP contribution in [0, 0.1) is 5.92 Å². The Kier molecular flexibility index (Phi) is 5.44. The molecular formula is C22H33NO2. The summed E-state index contributed by atoms with van der Waals surface area (Å²) in [6, 6.07) is 11.0. The predicted octanol–water partition coefficient (Wildman–Crippen LogP) is 4.58. The lowest BCUT2D eigenvalue weighted by Gasteiger charge is -2.46. The fourth-order valence-corrected chi connectivity index (χ4v) is 4.81. The smallest absolute Gasteiger partial charge is 0.168 e. The average molecular weight is 344 g/mol. The lowest BCUT2D eigenvalue weighted by Crippen LogP contribution is -2.50. The zero-order chi connectivity index (χ0) is 17.1. The fraction of sp³-hybridized carbons (Fsp3) is 0.727. The number of piperidine rings is 1. The summed E-state index contributed by atoms with van der Waals surface area (Å²) in [6.07, 6.45) is 8.53. The Morgan fingerprint density at radius 1 is 1.00 bits per heavy atom. The minimum absolute atomic E-state index is 0.294. The van der Waals surface area contributed by atoms with Gasteiger partial charge in [0.1, 0.15) is 0 Å². The van der Waals surface area contributed by atoms with Gasteiger partial charge in [-0.05, 0) is 62.6 Å². The maximum atomic E-state index is 6.56. The van der Waals surface area contributed by atoms with E-state index in [-0.39, 0.29) is 5.79 Å². The molecule has 4 rings (SSSR count). The third-order valence-corrected chi connectivity index (χ3v) is 6.54. The molecule has 0 bridgehead atoms. The second-order valence-corrected chi connectivity index (χ2v) is 8.46. The first-order chi connectivity index (χ1) is 12.2. The highest BCUT2D eigenvalue weighted by molar-refractivity contribution is 5.20. The van der Waals surface area contributed by atoms with Gasteiger partial charge in [0, 0.05) is 19.4 Å². The van der Waals surface area contributed by atoms with Gasteiger partial charge in [-0.2, -0.15) is 0 Å². The van der Waals surface area contributed by atoms with Gasteiger partial charge in [-0.25, -0.2) is 0 Å². The third kappa shape index (κ3) is 4.27. The molecule has 3 aliphatic rings. The van der Waals surface area contributed by atoms with Crippen molar-refractivity contribution < 1.29 is 9.47 Å². The van der Waals surface area contributed by atoms with Crippen molar-refractivity contribution in [3.8, 4) is 0 Å². The quantitative estimate of drug-likeness (QED) is 0.802.